The molecule has 0 atom stereocenters. The number of anilines is 3. The summed E-state index contributed by atoms with van der Waals surface area (Å²) in [4.78, 5) is 25.6. The van der Waals surface area contributed by atoms with Gasteiger partial charge in [0, 0.05) is 37.9 Å². The Kier molecular flexibility index (Phi) is 5.46. The number of nitrogens with zero attached hydrogens (tertiary/aromatic N) is 4. The molecule has 0 radical (unpaired) electrons. The number of amides is 1. The van der Waals surface area contributed by atoms with Gasteiger partial charge in [-0.25, -0.2) is 9.97 Å². The third kappa shape index (κ3) is 4.39. The Bertz CT molecular complexity index is 961. The van der Waals surface area contributed by atoms with E-state index < -0.39 is 0 Å². The van der Waals surface area contributed by atoms with Crippen molar-refractivity contribution >= 4 is 23.2 Å². The van der Waals surface area contributed by atoms with Gasteiger partial charge in [-0.3, -0.25) is 4.79 Å². The first-order valence-corrected chi connectivity index (χ1v) is 9.92. The van der Waals surface area contributed by atoms with Gasteiger partial charge in [0.25, 0.3) is 5.91 Å². The molecule has 0 unspecified atom stereocenters. The maximum atomic E-state index is 12.4. The molecule has 3 aromatic rings. The van der Waals surface area contributed by atoms with Crippen LogP contribution in [0.1, 0.15) is 28.9 Å². The number of aromatic nitrogens is 2. The van der Waals surface area contributed by atoms with Crippen molar-refractivity contribution in [3.63, 3.8) is 0 Å². The highest BCUT2D eigenvalue weighted by Gasteiger charge is 2.24. The van der Waals surface area contributed by atoms with Gasteiger partial charge >= 0.3 is 0 Å². The second-order valence-electron chi connectivity index (χ2n) is 7.09. The molecule has 1 fully saturated rings. The van der Waals surface area contributed by atoms with E-state index in [2.05, 4.69) is 51.4 Å². The Morgan fingerprint density at radius 1 is 1.10 bits per heavy atom. The van der Waals surface area contributed by atoms with E-state index in [1.165, 1.54) is 11.8 Å². The number of nitrogens with one attached hydrogen (secondary N) is 1. The Balaban J connectivity index is 1.43. The van der Waals surface area contributed by atoms with Crippen LogP contribution in [-0.4, -0.2) is 47.0 Å². The number of carbonyl (C=O) groups excluding carboxylic acids is 1. The molecule has 7 nitrogen and oxygen atoms in total. The highest BCUT2D eigenvalue weighted by molar-refractivity contribution is 5.91. The van der Waals surface area contributed by atoms with Crippen molar-refractivity contribution in [3.05, 3.63) is 65.9 Å². The minimum atomic E-state index is -0.0635. The quantitative estimate of drug-likeness (QED) is 0.716. The van der Waals surface area contributed by atoms with Crippen LogP contribution in [0, 0.1) is 6.92 Å². The summed E-state index contributed by atoms with van der Waals surface area (Å²) in [5, 5.41) is 3.37. The molecule has 1 aliphatic rings. The molecule has 29 heavy (non-hydrogen) atoms. The number of furan rings is 1. The summed E-state index contributed by atoms with van der Waals surface area (Å²) in [5.41, 5.74) is 2.30. The van der Waals surface area contributed by atoms with Crippen LogP contribution in [-0.2, 0) is 6.42 Å². The molecule has 1 amide bonds. The lowest BCUT2D eigenvalue weighted by Crippen LogP contribution is -2.49. The molecule has 0 saturated carbocycles. The molecule has 0 aliphatic carbocycles. The highest BCUT2D eigenvalue weighted by Crippen LogP contribution is 2.22. The number of hydrogen-bond donors (Lipinski definition) is 1. The zero-order valence-electron chi connectivity index (χ0n) is 16.8. The third-order valence-corrected chi connectivity index (χ3v) is 5.08. The predicted octanol–water partition coefficient (Wildman–Crippen LogP) is 3.65. The Morgan fingerprint density at radius 3 is 2.52 bits per heavy atom. The molecule has 7 heteroatoms. The first-order valence-electron chi connectivity index (χ1n) is 9.92. The summed E-state index contributed by atoms with van der Waals surface area (Å²) in [5.74, 6) is 2.67. The molecule has 4 rings (SSSR count). The molecular weight excluding hydrogens is 366 g/mol. The van der Waals surface area contributed by atoms with E-state index in [0.29, 0.717) is 37.8 Å². The van der Waals surface area contributed by atoms with Gasteiger partial charge in [0.15, 0.2) is 5.76 Å². The predicted molar refractivity (Wildman–Crippen MR) is 113 cm³/mol. The lowest BCUT2D eigenvalue weighted by molar-refractivity contribution is 0.0714. The van der Waals surface area contributed by atoms with Gasteiger partial charge in [-0.15, -0.1) is 0 Å². The minimum absolute atomic E-state index is 0.0635. The molecule has 1 aliphatic heterocycles. The van der Waals surface area contributed by atoms with E-state index in [-0.39, 0.29) is 5.91 Å². The molecular formula is C22H25N5O2. The molecule has 1 N–H and O–H groups in total. The zero-order chi connectivity index (χ0) is 20.2. The summed E-state index contributed by atoms with van der Waals surface area (Å²) in [7, 11) is 0. The van der Waals surface area contributed by atoms with E-state index in [0.717, 1.165) is 23.7 Å². The number of benzene rings is 1. The maximum absolute atomic E-state index is 12.4. The van der Waals surface area contributed by atoms with Gasteiger partial charge in [0.2, 0.25) is 0 Å². The fourth-order valence-electron chi connectivity index (χ4n) is 3.44. The maximum Gasteiger partial charge on any atom is 0.289 e. The highest BCUT2D eigenvalue weighted by atomic mass is 16.3. The Hall–Kier alpha value is -3.35. The van der Waals surface area contributed by atoms with E-state index >= 15 is 0 Å². The molecule has 150 valence electrons. The average molecular weight is 391 g/mol. The summed E-state index contributed by atoms with van der Waals surface area (Å²) in [6.45, 7) is 6.73. The van der Waals surface area contributed by atoms with Crippen LogP contribution in [0.3, 0.4) is 0 Å². The lowest BCUT2D eigenvalue weighted by Gasteiger charge is -2.35. The standard InChI is InChI=1S/C22H25N5O2/c1-3-17-6-8-18(9-7-17)25-20-15-21(24-16(2)23-20)26-10-12-27(13-11-26)22(28)19-5-4-14-29-19/h4-9,14-15H,3,10-13H2,1-2H3,(H,23,24,25). The minimum Gasteiger partial charge on any atom is -0.459 e. The largest absolute Gasteiger partial charge is 0.459 e. The summed E-state index contributed by atoms with van der Waals surface area (Å²) >= 11 is 0. The fraction of sp³-hybridized carbons (Fsp3) is 0.318. The van der Waals surface area contributed by atoms with E-state index in [9.17, 15) is 4.79 Å². The number of rotatable bonds is 5. The van der Waals surface area contributed by atoms with Crippen LogP contribution in [0.5, 0.6) is 0 Å². The molecule has 0 bridgehead atoms. The summed E-state index contributed by atoms with van der Waals surface area (Å²) in [6.07, 6.45) is 2.54. The first-order chi connectivity index (χ1) is 14.1. The van der Waals surface area contributed by atoms with Crippen LogP contribution >= 0.6 is 0 Å². The number of hydrogen-bond acceptors (Lipinski definition) is 6. The summed E-state index contributed by atoms with van der Waals surface area (Å²) in [6, 6.07) is 13.8. The van der Waals surface area contributed by atoms with Crippen LogP contribution in [0.4, 0.5) is 17.3 Å². The molecule has 0 spiro atoms. The first kappa shape index (κ1) is 19.0. The average Bonchev–Trinajstić information content (AvgIpc) is 3.28. The van der Waals surface area contributed by atoms with Crippen molar-refractivity contribution in [2.75, 3.05) is 36.4 Å². The van der Waals surface area contributed by atoms with Crippen molar-refractivity contribution in [2.45, 2.75) is 20.3 Å². The van der Waals surface area contributed by atoms with Crippen molar-refractivity contribution in [1.82, 2.24) is 14.9 Å². The third-order valence-electron chi connectivity index (χ3n) is 5.08. The van der Waals surface area contributed by atoms with Crippen LogP contribution in [0.25, 0.3) is 0 Å². The van der Waals surface area contributed by atoms with Gasteiger partial charge in [0.05, 0.1) is 6.26 Å². The fourth-order valence-corrected chi connectivity index (χ4v) is 3.44. The second-order valence-corrected chi connectivity index (χ2v) is 7.09. The monoisotopic (exact) mass is 391 g/mol. The number of piperazine rings is 1. The Morgan fingerprint density at radius 2 is 1.86 bits per heavy atom. The van der Waals surface area contributed by atoms with Crippen LogP contribution in [0.2, 0.25) is 0 Å². The van der Waals surface area contributed by atoms with E-state index in [1.54, 1.807) is 12.1 Å². The van der Waals surface area contributed by atoms with Crippen molar-refractivity contribution in [1.29, 1.82) is 0 Å². The normalized spacial score (nSPS) is 14.1. The van der Waals surface area contributed by atoms with Gasteiger partial charge < -0.3 is 19.5 Å². The van der Waals surface area contributed by atoms with Gasteiger partial charge in [0.1, 0.15) is 17.5 Å². The molecule has 1 saturated heterocycles. The molecule has 2 aromatic heterocycles. The lowest BCUT2D eigenvalue weighted by atomic mass is 10.1. The van der Waals surface area contributed by atoms with Crippen molar-refractivity contribution in [2.24, 2.45) is 0 Å². The topological polar surface area (TPSA) is 74.5 Å². The molecule has 1 aromatic carbocycles. The van der Waals surface area contributed by atoms with Gasteiger partial charge in [-0.05, 0) is 43.2 Å². The zero-order valence-corrected chi connectivity index (χ0v) is 16.8. The van der Waals surface area contributed by atoms with Crippen LogP contribution < -0.4 is 10.2 Å². The smallest absolute Gasteiger partial charge is 0.289 e. The van der Waals surface area contributed by atoms with E-state index in [4.69, 9.17) is 4.42 Å². The Labute approximate surface area is 170 Å². The summed E-state index contributed by atoms with van der Waals surface area (Å²) < 4.78 is 5.23. The van der Waals surface area contributed by atoms with Crippen molar-refractivity contribution in [3.8, 4) is 0 Å². The van der Waals surface area contributed by atoms with Crippen LogP contribution in [0.15, 0.2) is 53.1 Å². The molecule has 3 heterocycles. The van der Waals surface area contributed by atoms with Gasteiger partial charge in [-0.2, -0.15) is 0 Å². The number of carbonyl (C=O) groups is 1. The second kappa shape index (κ2) is 8.34. The van der Waals surface area contributed by atoms with Crippen molar-refractivity contribution < 1.29 is 9.21 Å². The number of aryl methyl sites for hydroxylation is 2. The van der Waals surface area contributed by atoms with E-state index in [1.807, 2.05) is 17.9 Å². The SMILES string of the molecule is CCc1ccc(Nc2cc(N3CCN(C(=O)c4ccco4)CC3)nc(C)n2)cc1. The van der Waals surface area contributed by atoms with Gasteiger partial charge in [-0.1, -0.05) is 19.1 Å².